The summed E-state index contributed by atoms with van der Waals surface area (Å²) in [5.74, 6) is 0.351. The molecule has 2 N–H and O–H groups in total. The number of carbonyl (C=O) groups excluding carboxylic acids is 1. The third kappa shape index (κ3) is 9.84. The maximum absolute atomic E-state index is 12.0. The molecule has 1 aromatic carbocycles. The van der Waals surface area contributed by atoms with E-state index in [0.717, 1.165) is 39.0 Å². The van der Waals surface area contributed by atoms with Crippen molar-refractivity contribution >= 4 is 23.3 Å². The number of benzene rings is 1. The Labute approximate surface area is 237 Å². The summed E-state index contributed by atoms with van der Waals surface area (Å²) in [5, 5.41) is 12.7. The molecular weight excluding hydrogens is 516 g/mol. The normalized spacial score (nSPS) is 13.4. The number of alkyl carbamates (subject to hydrolysis) is 1. The smallest absolute Gasteiger partial charge is 0.407 e. The van der Waals surface area contributed by atoms with E-state index in [0.29, 0.717) is 30.6 Å². The standard InChI is InChI=1S/C31H41ClN2O5/c1-9-23(18-35)20(3)26(10-2)27-13-11-12-25(21(27)4)19-37-22(5)38-29-24(14-15-28(32)34-29)16-17-33-30(36)39-31(6,7)8/h9-15,22,35H,1,16-19H2,2-8H3,(H,33,36)/b23-20+,26-10+. The second-order valence-corrected chi connectivity index (χ2v) is 10.5. The Bertz CT molecular complexity index is 1210. The lowest BCUT2D eigenvalue weighted by atomic mass is 9.90. The molecule has 7 nitrogen and oxygen atoms in total. The molecule has 1 amide bonds. The zero-order chi connectivity index (χ0) is 29.2. The highest BCUT2D eigenvalue weighted by molar-refractivity contribution is 6.29. The van der Waals surface area contributed by atoms with Crippen LogP contribution in [0.25, 0.3) is 5.57 Å². The first-order valence-electron chi connectivity index (χ1n) is 13.0. The molecule has 1 heterocycles. The minimum Gasteiger partial charge on any atom is -0.448 e. The number of aliphatic hydroxyl groups is 1. The highest BCUT2D eigenvalue weighted by Crippen LogP contribution is 2.30. The van der Waals surface area contributed by atoms with Gasteiger partial charge in [-0.15, -0.1) is 0 Å². The van der Waals surface area contributed by atoms with Gasteiger partial charge in [-0.2, -0.15) is 0 Å². The molecule has 0 saturated heterocycles. The molecule has 1 atom stereocenters. The van der Waals surface area contributed by atoms with Gasteiger partial charge in [-0.1, -0.05) is 54.6 Å². The Hall–Kier alpha value is -3.13. The van der Waals surface area contributed by atoms with Gasteiger partial charge < -0.3 is 24.6 Å². The number of aliphatic hydroxyl groups excluding tert-OH is 1. The van der Waals surface area contributed by atoms with E-state index in [4.69, 9.17) is 25.8 Å². The van der Waals surface area contributed by atoms with Crippen LogP contribution in [0, 0.1) is 6.92 Å². The number of halogens is 1. The van der Waals surface area contributed by atoms with Crippen molar-refractivity contribution < 1.29 is 24.1 Å². The van der Waals surface area contributed by atoms with E-state index in [1.807, 2.05) is 58.9 Å². The minimum atomic E-state index is -0.610. The van der Waals surface area contributed by atoms with Gasteiger partial charge in [0.2, 0.25) is 5.88 Å². The number of aromatic nitrogens is 1. The van der Waals surface area contributed by atoms with Crippen LogP contribution in [0.4, 0.5) is 4.79 Å². The van der Waals surface area contributed by atoms with Gasteiger partial charge in [0.15, 0.2) is 6.29 Å². The van der Waals surface area contributed by atoms with Gasteiger partial charge in [0, 0.05) is 12.1 Å². The van der Waals surface area contributed by atoms with Crippen LogP contribution in [0.1, 0.15) is 63.8 Å². The van der Waals surface area contributed by atoms with Gasteiger partial charge in [-0.25, -0.2) is 9.78 Å². The second-order valence-electron chi connectivity index (χ2n) is 10.1. The second kappa shape index (κ2) is 14.9. The summed E-state index contributed by atoms with van der Waals surface area (Å²) in [7, 11) is 0. The predicted molar refractivity (Wildman–Crippen MR) is 157 cm³/mol. The first-order chi connectivity index (χ1) is 18.4. The number of hydrogen-bond acceptors (Lipinski definition) is 6. The van der Waals surface area contributed by atoms with Crippen molar-refractivity contribution in [3.05, 3.63) is 87.6 Å². The number of hydrogen-bond donors (Lipinski definition) is 2. The van der Waals surface area contributed by atoms with Crippen LogP contribution in [0.5, 0.6) is 5.88 Å². The molecule has 0 fully saturated rings. The summed E-state index contributed by atoms with van der Waals surface area (Å²) < 4.78 is 17.3. The molecule has 0 spiro atoms. The number of nitrogens with one attached hydrogen (secondary N) is 1. The monoisotopic (exact) mass is 556 g/mol. The van der Waals surface area contributed by atoms with Crippen molar-refractivity contribution in [3.63, 3.8) is 0 Å². The number of ether oxygens (including phenoxy) is 3. The minimum absolute atomic E-state index is 0.0695. The maximum atomic E-state index is 12.0. The van der Waals surface area contributed by atoms with Crippen molar-refractivity contribution in [2.45, 2.75) is 73.4 Å². The molecule has 0 aliphatic rings. The van der Waals surface area contributed by atoms with Crippen LogP contribution in [0.2, 0.25) is 5.15 Å². The highest BCUT2D eigenvalue weighted by atomic mass is 35.5. The fourth-order valence-electron chi connectivity index (χ4n) is 3.97. The Morgan fingerprint density at radius 1 is 1.23 bits per heavy atom. The van der Waals surface area contributed by atoms with Crippen LogP contribution < -0.4 is 10.1 Å². The van der Waals surface area contributed by atoms with Crippen LogP contribution in [0.15, 0.2) is 60.2 Å². The van der Waals surface area contributed by atoms with Gasteiger partial charge in [0.25, 0.3) is 0 Å². The van der Waals surface area contributed by atoms with Gasteiger partial charge in [-0.05, 0) is 94.4 Å². The van der Waals surface area contributed by atoms with E-state index in [-0.39, 0.29) is 6.61 Å². The van der Waals surface area contributed by atoms with Crippen molar-refractivity contribution in [1.29, 1.82) is 0 Å². The molecule has 2 rings (SSSR count). The molecule has 39 heavy (non-hydrogen) atoms. The summed E-state index contributed by atoms with van der Waals surface area (Å²) in [6.45, 7) is 17.7. The van der Waals surface area contributed by atoms with Crippen LogP contribution >= 0.6 is 11.6 Å². The van der Waals surface area contributed by atoms with E-state index in [1.165, 1.54) is 0 Å². The molecule has 1 aromatic heterocycles. The molecular formula is C31H41ClN2O5. The summed E-state index contributed by atoms with van der Waals surface area (Å²) in [5.41, 5.74) is 6.18. The van der Waals surface area contributed by atoms with Gasteiger partial charge in [0.1, 0.15) is 10.8 Å². The fourth-order valence-corrected chi connectivity index (χ4v) is 4.11. The summed E-state index contributed by atoms with van der Waals surface area (Å²) in [6.07, 6.45) is 3.11. The number of rotatable bonds is 12. The number of nitrogens with zero attached hydrogens (tertiary/aromatic N) is 1. The van der Waals surface area contributed by atoms with Crippen molar-refractivity contribution in [3.8, 4) is 5.88 Å². The van der Waals surface area contributed by atoms with Crippen molar-refractivity contribution in [2.24, 2.45) is 0 Å². The van der Waals surface area contributed by atoms with Gasteiger partial charge in [0.05, 0.1) is 13.2 Å². The van der Waals surface area contributed by atoms with Gasteiger partial charge in [-0.3, -0.25) is 0 Å². The molecule has 0 saturated carbocycles. The van der Waals surface area contributed by atoms with E-state index in [9.17, 15) is 9.90 Å². The molecule has 0 aliphatic heterocycles. The number of pyridine rings is 1. The molecule has 212 valence electrons. The molecule has 0 radical (unpaired) electrons. The molecule has 2 aromatic rings. The van der Waals surface area contributed by atoms with E-state index in [1.54, 1.807) is 19.1 Å². The van der Waals surface area contributed by atoms with E-state index in [2.05, 4.69) is 29.9 Å². The average molecular weight is 557 g/mol. The highest BCUT2D eigenvalue weighted by Gasteiger charge is 2.17. The van der Waals surface area contributed by atoms with E-state index >= 15 is 0 Å². The van der Waals surface area contributed by atoms with Crippen molar-refractivity contribution in [1.82, 2.24) is 10.3 Å². The zero-order valence-corrected chi connectivity index (χ0v) is 24.8. The lowest BCUT2D eigenvalue weighted by Crippen LogP contribution is -2.33. The Morgan fingerprint density at radius 2 is 1.95 bits per heavy atom. The lowest BCUT2D eigenvalue weighted by Gasteiger charge is -2.20. The van der Waals surface area contributed by atoms with Crippen molar-refractivity contribution in [2.75, 3.05) is 13.2 Å². The number of carbonyl (C=O) groups is 1. The van der Waals surface area contributed by atoms with E-state index < -0.39 is 18.0 Å². The van der Waals surface area contributed by atoms with Crippen LogP contribution in [-0.2, 0) is 22.5 Å². The third-order valence-electron chi connectivity index (χ3n) is 6.05. The quantitative estimate of drug-likeness (QED) is 0.167. The van der Waals surface area contributed by atoms with Gasteiger partial charge >= 0.3 is 6.09 Å². The number of allylic oxidation sites excluding steroid dienone is 3. The molecule has 0 bridgehead atoms. The Balaban J connectivity index is 2.10. The lowest BCUT2D eigenvalue weighted by molar-refractivity contribution is -0.0786. The molecule has 1 unspecified atom stereocenters. The zero-order valence-electron chi connectivity index (χ0n) is 24.1. The number of amides is 1. The predicted octanol–water partition coefficient (Wildman–Crippen LogP) is 6.95. The summed E-state index contributed by atoms with van der Waals surface area (Å²) in [6, 6.07) is 9.57. The Kier molecular flexibility index (Phi) is 12.2. The first kappa shape index (κ1) is 32.1. The largest absolute Gasteiger partial charge is 0.448 e. The summed E-state index contributed by atoms with van der Waals surface area (Å²) >= 11 is 6.13. The maximum Gasteiger partial charge on any atom is 0.407 e. The topological polar surface area (TPSA) is 89.9 Å². The summed E-state index contributed by atoms with van der Waals surface area (Å²) in [4.78, 5) is 16.3. The molecule has 8 heteroatoms. The van der Waals surface area contributed by atoms with Crippen LogP contribution in [-0.4, -0.2) is 41.2 Å². The van der Waals surface area contributed by atoms with Crippen LogP contribution in [0.3, 0.4) is 0 Å². The third-order valence-corrected chi connectivity index (χ3v) is 6.26. The fraction of sp³-hybridized carbons (Fsp3) is 0.419. The molecule has 0 aliphatic carbocycles. The average Bonchev–Trinajstić information content (AvgIpc) is 2.85. The SMILES string of the molecule is C=C/C(CO)=C(C)\C(=C/C)c1cccc(COC(C)Oc2nc(Cl)ccc2CCNC(=O)OC(C)(C)C)c1C. The first-order valence-corrected chi connectivity index (χ1v) is 13.4. The Morgan fingerprint density at radius 3 is 2.56 bits per heavy atom.